The molecule has 18 heavy (non-hydrogen) atoms. The van der Waals surface area contributed by atoms with Crippen molar-refractivity contribution in [1.29, 1.82) is 0 Å². The zero-order valence-electron chi connectivity index (χ0n) is 10.5. The molecule has 0 spiro atoms. The molecule has 2 rings (SSSR count). The summed E-state index contributed by atoms with van der Waals surface area (Å²) in [5, 5.41) is 7.51. The molecule has 0 atom stereocenters. The smallest absolute Gasteiger partial charge is 0.106 e. The Kier molecular flexibility index (Phi) is 3.62. The molecule has 2 aromatic rings. The maximum atomic E-state index is 5.73. The second-order valence-corrected chi connectivity index (χ2v) is 4.68. The molecule has 0 aliphatic carbocycles. The first-order valence-corrected chi connectivity index (χ1v) is 6.09. The normalized spacial score (nSPS) is 10.3. The summed E-state index contributed by atoms with van der Waals surface area (Å²) < 4.78 is 1.78. The van der Waals surface area contributed by atoms with E-state index in [0.717, 1.165) is 22.4 Å². The van der Waals surface area contributed by atoms with E-state index >= 15 is 0 Å². The van der Waals surface area contributed by atoms with E-state index in [1.54, 1.807) is 4.68 Å². The molecule has 1 aromatic carbocycles. The number of nitrogens with one attached hydrogen (secondary N) is 1. The number of nitrogens with two attached hydrogens (primary N) is 1. The highest BCUT2D eigenvalue weighted by atomic mass is 32.1. The molecule has 94 valence electrons. The van der Waals surface area contributed by atoms with Gasteiger partial charge in [0.2, 0.25) is 0 Å². The highest BCUT2D eigenvalue weighted by molar-refractivity contribution is 7.80. The van der Waals surface area contributed by atoms with Crippen molar-refractivity contribution < 1.29 is 0 Å². The Morgan fingerprint density at radius 1 is 1.50 bits per heavy atom. The lowest BCUT2D eigenvalue weighted by molar-refractivity contribution is 0.767. The Hall–Kier alpha value is -1.88. The Bertz CT molecular complexity index is 574. The molecular formula is C13H16N4S. The molecule has 0 aliphatic rings. The van der Waals surface area contributed by atoms with Gasteiger partial charge in [-0.25, -0.2) is 0 Å². The van der Waals surface area contributed by atoms with Crippen LogP contribution in [0.3, 0.4) is 0 Å². The molecule has 0 bridgehead atoms. The first-order valence-electron chi connectivity index (χ1n) is 5.68. The number of aromatic nitrogens is 2. The fourth-order valence-electron chi connectivity index (χ4n) is 1.86. The summed E-state index contributed by atoms with van der Waals surface area (Å²) in [6, 6.07) is 5.92. The van der Waals surface area contributed by atoms with Crippen LogP contribution >= 0.6 is 12.2 Å². The van der Waals surface area contributed by atoms with Crippen molar-refractivity contribution in [3.63, 3.8) is 0 Å². The Morgan fingerprint density at radius 3 is 2.89 bits per heavy atom. The van der Waals surface area contributed by atoms with Gasteiger partial charge in [-0.1, -0.05) is 24.4 Å². The van der Waals surface area contributed by atoms with Gasteiger partial charge in [0.05, 0.1) is 6.20 Å². The predicted molar refractivity (Wildman–Crippen MR) is 77.6 cm³/mol. The lowest BCUT2D eigenvalue weighted by Crippen LogP contribution is -2.14. The molecule has 0 saturated carbocycles. The Labute approximate surface area is 112 Å². The van der Waals surface area contributed by atoms with Gasteiger partial charge in [0.15, 0.2) is 0 Å². The van der Waals surface area contributed by atoms with Gasteiger partial charge in [-0.15, -0.1) is 0 Å². The maximum absolute atomic E-state index is 5.73. The second kappa shape index (κ2) is 5.18. The van der Waals surface area contributed by atoms with E-state index in [2.05, 4.69) is 10.4 Å². The summed E-state index contributed by atoms with van der Waals surface area (Å²) in [6.07, 6.45) is 3.82. The third-order valence-corrected chi connectivity index (χ3v) is 2.99. The largest absolute Gasteiger partial charge is 0.389 e. The quantitative estimate of drug-likeness (QED) is 0.825. The van der Waals surface area contributed by atoms with Crippen LogP contribution in [-0.2, 0) is 13.6 Å². The average molecular weight is 260 g/mol. The summed E-state index contributed by atoms with van der Waals surface area (Å²) in [6.45, 7) is 2.74. The zero-order chi connectivity index (χ0) is 13.1. The number of aryl methyl sites for hydroxylation is 2. The van der Waals surface area contributed by atoms with Crippen LogP contribution in [-0.4, -0.2) is 14.8 Å². The molecule has 5 heteroatoms. The highest BCUT2D eigenvalue weighted by Gasteiger charge is 2.07. The number of rotatable bonds is 4. The molecule has 4 nitrogen and oxygen atoms in total. The van der Waals surface area contributed by atoms with Crippen molar-refractivity contribution in [3.8, 4) is 0 Å². The third kappa shape index (κ3) is 2.68. The van der Waals surface area contributed by atoms with Gasteiger partial charge in [-0.05, 0) is 18.6 Å². The summed E-state index contributed by atoms with van der Waals surface area (Å²) in [5.74, 6) is 0. The van der Waals surface area contributed by atoms with Crippen LogP contribution in [0.1, 0.15) is 16.7 Å². The molecule has 3 N–H and O–H groups in total. The van der Waals surface area contributed by atoms with E-state index in [4.69, 9.17) is 18.0 Å². The minimum Gasteiger partial charge on any atom is -0.389 e. The van der Waals surface area contributed by atoms with E-state index in [9.17, 15) is 0 Å². The van der Waals surface area contributed by atoms with Crippen molar-refractivity contribution in [2.45, 2.75) is 13.5 Å². The van der Waals surface area contributed by atoms with Crippen LogP contribution in [0.2, 0.25) is 0 Å². The Balaban J connectivity index is 2.20. The van der Waals surface area contributed by atoms with Gasteiger partial charge in [0, 0.05) is 36.6 Å². The van der Waals surface area contributed by atoms with Crippen LogP contribution in [0.4, 0.5) is 5.69 Å². The summed E-state index contributed by atoms with van der Waals surface area (Å²) in [5.41, 5.74) is 9.86. The van der Waals surface area contributed by atoms with Gasteiger partial charge in [0.1, 0.15) is 4.99 Å². The standard InChI is InChI=1S/C13H16N4S/c1-9-4-3-5-11(13(14)18)12(9)15-6-10-7-16-17(2)8-10/h3-5,7-8,15H,6H2,1-2H3,(H2,14,18). The summed E-state index contributed by atoms with van der Waals surface area (Å²) in [7, 11) is 1.90. The average Bonchev–Trinajstić information content (AvgIpc) is 2.73. The fraction of sp³-hybridized carbons (Fsp3) is 0.231. The number of benzene rings is 1. The van der Waals surface area contributed by atoms with E-state index < -0.39 is 0 Å². The first-order chi connectivity index (χ1) is 8.58. The van der Waals surface area contributed by atoms with Crippen molar-refractivity contribution in [2.75, 3.05) is 5.32 Å². The van der Waals surface area contributed by atoms with Crippen molar-refractivity contribution in [3.05, 3.63) is 47.3 Å². The van der Waals surface area contributed by atoms with Gasteiger partial charge in [-0.3, -0.25) is 4.68 Å². The number of hydrogen-bond acceptors (Lipinski definition) is 3. The monoisotopic (exact) mass is 260 g/mol. The van der Waals surface area contributed by atoms with Gasteiger partial charge in [0.25, 0.3) is 0 Å². The lowest BCUT2D eigenvalue weighted by Gasteiger charge is -2.13. The molecule has 0 fully saturated rings. The molecule has 0 saturated heterocycles. The van der Waals surface area contributed by atoms with Crippen LogP contribution in [0.5, 0.6) is 0 Å². The first kappa shape index (κ1) is 12.6. The van der Waals surface area contributed by atoms with Gasteiger partial charge >= 0.3 is 0 Å². The highest BCUT2D eigenvalue weighted by Crippen LogP contribution is 2.21. The topological polar surface area (TPSA) is 55.9 Å². The zero-order valence-corrected chi connectivity index (χ0v) is 11.3. The number of para-hydroxylation sites is 1. The predicted octanol–water partition coefficient (Wildman–Crippen LogP) is 1.97. The number of hydrogen-bond donors (Lipinski definition) is 2. The van der Waals surface area contributed by atoms with Crippen molar-refractivity contribution in [2.24, 2.45) is 12.8 Å². The molecular weight excluding hydrogens is 244 g/mol. The maximum Gasteiger partial charge on any atom is 0.106 e. The molecule has 0 unspecified atom stereocenters. The minimum absolute atomic E-state index is 0.410. The van der Waals surface area contributed by atoms with E-state index in [1.165, 1.54) is 0 Å². The summed E-state index contributed by atoms with van der Waals surface area (Å²) >= 11 is 5.07. The second-order valence-electron chi connectivity index (χ2n) is 4.24. The van der Waals surface area contributed by atoms with Crippen LogP contribution in [0, 0.1) is 6.92 Å². The molecule has 0 radical (unpaired) electrons. The third-order valence-electron chi connectivity index (χ3n) is 2.77. The van der Waals surface area contributed by atoms with E-state index in [1.807, 2.05) is 44.6 Å². The van der Waals surface area contributed by atoms with Crippen LogP contribution in [0.25, 0.3) is 0 Å². The fourth-order valence-corrected chi connectivity index (χ4v) is 2.03. The SMILES string of the molecule is Cc1cccc(C(N)=S)c1NCc1cnn(C)c1. The van der Waals surface area contributed by atoms with E-state index in [0.29, 0.717) is 11.5 Å². The summed E-state index contributed by atoms with van der Waals surface area (Å²) in [4.78, 5) is 0.410. The van der Waals surface area contributed by atoms with Crippen molar-refractivity contribution >= 4 is 22.9 Å². The minimum atomic E-state index is 0.410. The van der Waals surface area contributed by atoms with E-state index in [-0.39, 0.29) is 0 Å². The lowest BCUT2D eigenvalue weighted by atomic mass is 10.1. The number of nitrogens with zero attached hydrogens (tertiary/aromatic N) is 2. The van der Waals surface area contributed by atoms with Gasteiger partial charge in [-0.2, -0.15) is 5.10 Å². The molecule has 0 aliphatic heterocycles. The van der Waals surface area contributed by atoms with Gasteiger partial charge < -0.3 is 11.1 Å². The molecule has 0 amide bonds. The van der Waals surface area contributed by atoms with Crippen molar-refractivity contribution in [1.82, 2.24) is 9.78 Å². The number of anilines is 1. The Morgan fingerprint density at radius 2 is 2.28 bits per heavy atom. The molecule has 1 heterocycles. The van der Waals surface area contributed by atoms with Crippen LogP contribution in [0.15, 0.2) is 30.6 Å². The van der Waals surface area contributed by atoms with Crippen LogP contribution < -0.4 is 11.1 Å². The molecule has 1 aromatic heterocycles. The number of thiocarbonyl (C=S) groups is 1.